The van der Waals surface area contributed by atoms with E-state index in [4.69, 9.17) is 10.5 Å². The highest BCUT2D eigenvalue weighted by atomic mass is 79.9. The van der Waals surface area contributed by atoms with Crippen LogP contribution in [0.15, 0.2) is 22.7 Å². The highest BCUT2D eigenvalue weighted by molar-refractivity contribution is 9.10. The van der Waals surface area contributed by atoms with Gasteiger partial charge in [-0.3, -0.25) is 0 Å². The van der Waals surface area contributed by atoms with E-state index < -0.39 is 0 Å². The summed E-state index contributed by atoms with van der Waals surface area (Å²) in [4.78, 5) is 0. The second kappa shape index (κ2) is 3.65. The van der Waals surface area contributed by atoms with Gasteiger partial charge < -0.3 is 10.5 Å². The van der Waals surface area contributed by atoms with E-state index in [9.17, 15) is 0 Å². The third kappa shape index (κ3) is 1.60. The highest BCUT2D eigenvalue weighted by Crippen LogP contribution is 2.36. The highest BCUT2D eigenvalue weighted by Gasteiger charge is 2.34. The molecular formula is C11H14BrNO. The van der Waals surface area contributed by atoms with E-state index in [0.717, 1.165) is 17.3 Å². The molecule has 0 heterocycles. The SMILES string of the molecule is COCC1(N)CCc2ccc(Br)cc21. The van der Waals surface area contributed by atoms with Crippen LogP contribution in [0.25, 0.3) is 0 Å². The van der Waals surface area contributed by atoms with Crippen LogP contribution in [-0.4, -0.2) is 13.7 Å². The zero-order chi connectivity index (χ0) is 10.2. The quantitative estimate of drug-likeness (QED) is 0.880. The summed E-state index contributed by atoms with van der Waals surface area (Å²) in [6.07, 6.45) is 2.04. The minimum Gasteiger partial charge on any atom is -0.382 e. The monoisotopic (exact) mass is 255 g/mol. The average molecular weight is 256 g/mol. The van der Waals surface area contributed by atoms with Gasteiger partial charge in [0.1, 0.15) is 0 Å². The molecule has 0 bridgehead atoms. The maximum Gasteiger partial charge on any atom is 0.0684 e. The number of hydrogen-bond donors (Lipinski definition) is 1. The maximum absolute atomic E-state index is 6.30. The number of fused-ring (bicyclic) bond motifs is 1. The van der Waals surface area contributed by atoms with Crippen molar-refractivity contribution in [3.63, 3.8) is 0 Å². The minimum absolute atomic E-state index is 0.284. The predicted octanol–water partition coefficient (Wildman–Crippen LogP) is 2.20. The van der Waals surface area contributed by atoms with E-state index in [0.29, 0.717) is 6.61 Å². The van der Waals surface area contributed by atoms with Gasteiger partial charge in [-0.2, -0.15) is 0 Å². The second-order valence-corrected chi connectivity index (χ2v) is 4.81. The van der Waals surface area contributed by atoms with Crippen LogP contribution in [0, 0.1) is 0 Å². The molecule has 1 atom stereocenters. The Morgan fingerprint density at radius 2 is 2.36 bits per heavy atom. The number of halogens is 1. The summed E-state index contributed by atoms with van der Waals surface area (Å²) in [5.41, 5.74) is 8.61. The van der Waals surface area contributed by atoms with Gasteiger partial charge in [0.15, 0.2) is 0 Å². The first-order chi connectivity index (χ1) is 6.65. The first kappa shape index (κ1) is 10.1. The van der Waals surface area contributed by atoms with E-state index in [1.165, 1.54) is 11.1 Å². The Hall–Kier alpha value is -0.380. The fourth-order valence-corrected chi connectivity index (χ4v) is 2.49. The van der Waals surface area contributed by atoms with Crippen molar-refractivity contribution in [3.05, 3.63) is 33.8 Å². The molecule has 76 valence electrons. The van der Waals surface area contributed by atoms with E-state index >= 15 is 0 Å². The smallest absolute Gasteiger partial charge is 0.0684 e. The third-order valence-corrected chi connectivity index (χ3v) is 3.34. The molecule has 0 fully saturated rings. The predicted molar refractivity (Wildman–Crippen MR) is 60.2 cm³/mol. The number of methoxy groups -OCH3 is 1. The lowest BCUT2D eigenvalue weighted by Gasteiger charge is -2.24. The van der Waals surface area contributed by atoms with Gasteiger partial charge in [0.05, 0.1) is 12.1 Å². The van der Waals surface area contributed by atoms with Crippen LogP contribution < -0.4 is 5.73 Å². The van der Waals surface area contributed by atoms with Crippen molar-refractivity contribution in [3.8, 4) is 0 Å². The van der Waals surface area contributed by atoms with E-state index in [1.807, 2.05) is 0 Å². The van der Waals surface area contributed by atoms with Crippen LogP contribution >= 0.6 is 15.9 Å². The van der Waals surface area contributed by atoms with Crippen molar-refractivity contribution in [2.24, 2.45) is 5.73 Å². The van der Waals surface area contributed by atoms with Gasteiger partial charge in [-0.15, -0.1) is 0 Å². The zero-order valence-corrected chi connectivity index (χ0v) is 9.80. The molecule has 1 aliphatic rings. The van der Waals surface area contributed by atoms with E-state index in [1.54, 1.807) is 7.11 Å². The topological polar surface area (TPSA) is 35.2 Å². The molecule has 0 aromatic heterocycles. The summed E-state index contributed by atoms with van der Waals surface area (Å²) in [6, 6.07) is 6.32. The molecule has 1 aliphatic carbocycles. The first-order valence-electron chi connectivity index (χ1n) is 4.72. The largest absolute Gasteiger partial charge is 0.382 e. The van der Waals surface area contributed by atoms with Crippen LogP contribution in [0.2, 0.25) is 0 Å². The number of aryl methyl sites for hydroxylation is 1. The lowest BCUT2D eigenvalue weighted by atomic mass is 9.94. The third-order valence-electron chi connectivity index (χ3n) is 2.85. The van der Waals surface area contributed by atoms with Gasteiger partial charge in [-0.1, -0.05) is 22.0 Å². The van der Waals surface area contributed by atoms with Gasteiger partial charge in [-0.05, 0) is 36.1 Å². The van der Waals surface area contributed by atoms with Crippen LogP contribution in [0.5, 0.6) is 0 Å². The molecule has 0 saturated carbocycles. The summed E-state index contributed by atoms with van der Waals surface area (Å²) in [5.74, 6) is 0. The Bertz CT molecular complexity index is 349. The van der Waals surface area contributed by atoms with Crippen molar-refractivity contribution >= 4 is 15.9 Å². The molecule has 2 N–H and O–H groups in total. The Morgan fingerprint density at radius 1 is 1.57 bits per heavy atom. The van der Waals surface area contributed by atoms with E-state index in [-0.39, 0.29) is 5.54 Å². The zero-order valence-electron chi connectivity index (χ0n) is 8.22. The fraction of sp³-hybridized carbons (Fsp3) is 0.455. The lowest BCUT2D eigenvalue weighted by molar-refractivity contribution is 0.132. The molecule has 1 aromatic rings. The molecule has 1 aromatic carbocycles. The molecule has 0 saturated heterocycles. The Morgan fingerprint density at radius 3 is 3.07 bits per heavy atom. The first-order valence-corrected chi connectivity index (χ1v) is 5.52. The second-order valence-electron chi connectivity index (χ2n) is 3.89. The molecular weight excluding hydrogens is 242 g/mol. The maximum atomic E-state index is 6.30. The van der Waals surface area contributed by atoms with Gasteiger partial charge in [0.25, 0.3) is 0 Å². The van der Waals surface area contributed by atoms with Crippen molar-refractivity contribution < 1.29 is 4.74 Å². The summed E-state index contributed by atoms with van der Waals surface area (Å²) < 4.78 is 6.27. The van der Waals surface area contributed by atoms with Crippen LogP contribution in [0.4, 0.5) is 0 Å². The van der Waals surface area contributed by atoms with Crippen LogP contribution in [0.3, 0.4) is 0 Å². The normalized spacial score (nSPS) is 25.1. The Labute approximate surface area is 92.6 Å². The number of benzene rings is 1. The molecule has 0 amide bonds. The summed E-state index contributed by atoms with van der Waals surface area (Å²) in [7, 11) is 1.70. The van der Waals surface area contributed by atoms with E-state index in [2.05, 4.69) is 34.1 Å². The van der Waals surface area contributed by atoms with Crippen molar-refractivity contribution in [1.82, 2.24) is 0 Å². The molecule has 0 aliphatic heterocycles. The molecule has 0 radical (unpaired) electrons. The summed E-state index contributed by atoms with van der Waals surface area (Å²) in [6.45, 7) is 0.594. The van der Waals surface area contributed by atoms with Gasteiger partial charge in [-0.25, -0.2) is 0 Å². The number of hydrogen-bond acceptors (Lipinski definition) is 2. The standard InChI is InChI=1S/C11H14BrNO/c1-14-7-11(13)5-4-8-2-3-9(12)6-10(8)11/h2-3,6H,4-5,7,13H2,1H3. The molecule has 0 spiro atoms. The van der Waals surface area contributed by atoms with Gasteiger partial charge >= 0.3 is 0 Å². The fourth-order valence-electron chi connectivity index (χ4n) is 2.13. The van der Waals surface area contributed by atoms with Crippen LogP contribution in [-0.2, 0) is 16.7 Å². The Balaban J connectivity index is 2.41. The number of ether oxygens (including phenoxy) is 1. The molecule has 2 rings (SSSR count). The molecule has 1 unspecified atom stereocenters. The lowest BCUT2D eigenvalue weighted by Crippen LogP contribution is -2.38. The van der Waals surface area contributed by atoms with Crippen molar-refractivity contribution in [2.45, 2.75) is 18.4 Å². The molecule has 2 nitrogen and oxygen atoms in total. The van der Waals surface area contributed by atoms with Gasteiger partial charge in [0, 0.05) is 11.6 Å². The molecule has 3 heteroatoms. The molecule has 14 heavy (non-hydrogen) atoms. The minimum atomic E-state index is -0.284. The summed E-state index contributed by atoms with van der Waals surface area (Å²) in [5, 5.41) is 0. The summed E-state index contributed by atoms with van der Waals surface area (Å²) >= 11 is 3.47. The van der Waals surface area contributed by atoms with Crippen molar-refractivity contribution in [2.75, 3.05) is 13.7 Å². The van der Waals surface area contributed by atoms with Crippen LogP contribution in [0.1, 0.15) is 17.5 Å². The van der Waals surface area contributed by atoms with Crippen molar-refractivity contribution in [1.29, 1.82) is 0 Å². The van der Waals surface area contributed by atoms with Gasteiger partial charge in [0.2, 0.25) is 0 Å². The average Bonchev–Trinajstić information content (AvgIpc) is 2.45. The number of nitrogens with two attached hydrogens (primary N) is 1. The number of rotatable bonds is 2. The Kier molecular flexibility index (Phi) is 2.64.